The summed E-state index contributed by atoms with van der Waals surface area (Å²) in [4.78, 5) is 11.8. The van der Waals surface area contributed by atoms with Crippen molar-refractivity contribution in [3.8, 4) is 5.75 Å². The summed E-state index contributed by atoms with van der Waals surface area (Å²) >= 11 is 6.15. The fraction of sp³-hybridized carbons (Fsp3) is 0.280. The third kappa shape index (κ3) is 5.37. The van der Waals surface area contributed by atoms with Crippen LogP contribution in [0.3, 0.4) is 0 Å². The Hall–Kier alpha value is -3.12. The molecule has 0 aliphatic carbocycles. The van der Waals surface area contributed by atoms with Gasteiger partial charge in [-0.25, -0.2) is 4.39 Å². The Morgan fingerprint density at radius 1 is 1.19 bits per heavy atom. The topological polar surface area (TPSA) is 63.8 Å². The van der Waals surface area contributed by atoms with E-state index < -0.39 is 5.82 Å². The highest BCUT2D eigenvalue weighted by molar-refractivity contribution is 6.30. The van der Waals surface area contributed by atoms with Gasteiger partial charge in [0.25, 0.3) is 0 Å². The van der Waals surface area contributed by atoms with E-state index in [-0.39, 0.29) is 29.8 Å². The van der Waals surface area contributed by atoms with Gasteiger partial charge < -0.3 is 14.5 Å². The lowest BCUT2D eigenvalue weighted by atomic mass is 9.83. The molecule has 0 radical (unpaired) electrons. The fourth-order valence-electron chi connectivity index (χ4n) is 3.70. The largest absolute Gasteiger partial charge is 0.488 e. The van der Waals surface area contributed by atoms with Crippen molar-refractivity contribution in [2.75, 3.05) is 0 Å². The summed E-state index contributed by atoms with van der Waals surface area (Å²) in [6, 6.07) is 13.4. The van der Waals surface area contributed by atoms with Crippen LogP contribution in [0.15, 0.2) is 64.7 Å². The maximum Gasteiger partial charge on any atom is 0.250 e. The molecule has 0 aliphatic heterocycles. The zero-order valence-electron chi connectivity index (χ0n) is 18.5. The van der Waals surface area contributed by atoms with Crippen molar-refractivity contribution in [3.05, 3.63) is 98.2 Å². The van der Waals surface area contributed by atoms with Crippen molar-refractivity contribution in [2.24, 2.45) is 12.2 Å². The van der Waals surface area contributed by atoms with Crippen LogP contribution in [0.1, 0.15) is 48.4 Å². The van der Waals surface area contributed by atoms with Crippen LogP contribution in [0, 0.1) is 12.7 Å². The molecular formula is C25H26ClFN2O3. The SMILES string of the molecule is Cc1cc(Cl)ccc1C(C/C(=N\O)c1ccc(=O)n(C)c1)c1ccc(OC(C)C)c(F)c1. The van der Waals surface area contributed by atoms with Gasteiger partial charge in [0.05, 0.1) is 11.8 Å². The Bertz CT molecular complexity index is 1200. The number of benzene rings is 2. The normalized spacial score (nSPS) is 12.8. The number of aryl methyl sites for hydroxylation is 2. The van der Waals surface area contributed by atoms with Crippen LogP contribution in [0.4, 0.5) is 4.39 Å². The average Bonchev–Trinajstić information content (AvgIpc) is 2.73. The van der Waals surface area contributed by atoms with Crippen LogP contribution in [-0.4, -0.2) is 21.6 Å². The van der Waals surface area contributed by atoms with Gasteiger partial charge in [0, 0.05) is 42.2 Å². The lowest BCUT2D eigenvalue weighted by Gasteiger charge is -2.22. The molecule has 0 spiro atoms. The highest BCUT2D eigenvalue weighted by Crippen LogP contribution is 2.35. The Kier molecular flexibility index (Phi) is 7.36. The zero-order chi connectivity index (χ0) is 23.4. The summed E-state index contributed by atoms with van der Waals surface area (Å²) in [6.07, 6.45) is 1.74. The molecule has 0 saturated carbocycles. The van der Waals surface area contributed by atoms with Crippen molar-refractivity contribution >= 4 is 17.3 Å². The quantitative estimate of drug-likeness (QED) is 0.283. The molecule has 0 fully saturated rings. The van der Waals surface area contributed by atoms with Gasteiger partial charge >= 0.3 is 0 Å². The zero-order valence-corrected chi connectivity index (χ0v) is 19.2. The second kappa shape index (κ2) is 10.0. The summed E-state index contributed by atoms with van der Waals surface area (Å²) in [5, 5.41) is 13.9. The number of hydrogen-bond donors (Lipinski definition) is 1. The fourth-order valence-corrected chi connectivity index (χ4v) is 3.92. The summed E-state index contributed by atoms with van der Waals surface area (Å²) in [5.41, 5.74) is 3.38. The molecule has 3 rings (SSSR count). The number of hydrogen-bond acceptors (Lipinski definition) is 4. The summed E-state index contributed by atoms with van der Waals surface area (Å²) in [6.45, 7) is 5.61. The number of halogens is 2. The minimum Gasteiger partial charge on any atom is -0.488 e. The third-order valence-corrected chi connectivity index (χ3v) is 5.50. The van der Waals surface area contributed by atoms with Gasteiger partial charge in [-0.05, 0) is 67.8 Å². The van der Waals surface area contributed by atoms with Crippen LogP contribution in [0.5, 0.6) is 5.75 Å². The third-order valence-electron chi connectivity index (χ3n) is 5.27. The average molecular weight is 457 g/mol. The molecular weight excluding hydrogens is 431 g/mol. The Morgan fingerprint density at radius 2 is 1.94 bits per heavy atom. The van der Waals surface area contributed by atoms with Crippen molar-refractivity contribution in [2.45, 2.75) is 39.2 Å². The first-order valence-electron chi connectivity index (χ1n) is 10.3. The highest BCUT2D eigenvalue weighted by atomic mass is 35.5. The molecule has 1 N–H and O–H groups in total. The van der Waals surface area contributed by atoms with Gasteiger partial charge in [-0.2, -0.15) is 0 Å². The second-order valence-electron chi connectivity index (χ2n) is 8.03. The van der Waals surface area contributed by atoms with Gasteiger partial charge in [-0.3, -0.25) is 4.79 Å². The minimum absolute atomic E-state index is 0.150. The molecule has 32 heavy (non-hydrogen) atoms. The van der Waals surface area contributed by atoms with Gasteiger partial charge in [-0.1, -0.05) is 28.9 Å². The van der Waals surface area contributed by atoms with Crippen LogP contribution < -0.4 is 10.3 Å². The van der Waals surface area contributed by atoms with E-state index in [0.717, 1.165) is 11.1 Å². The number of rotatable bonds is 7. The first-order chi connectivity index (χ1) is 15.2. The number of ether oxygens (including phenoxy) is 1. The van der Waals surface area contributed by atoms with E-state index in [1.165, 1.54) is 16.7 Å². The van der Waals surface area contributed by atoms with Gasteiger partial charge in [0.1, 0.15) is 0 Å². The van der Waals surface area contributed by atoms with Gasteiger partial charge in [0.15, 0.2) is 11.6 Å². The van der Waals surface area contributed by atoms with E-state index in [1.54, 1.807) is 31.4 Å². The maximum absolute atomic E-state index is 14.8. The number of nitrogens with zero attached hydrogens (tertiary/aromatic N) is 2. The molecule has 1 heterocycles. The first kappa shape index (κ1) is 23.5. The molecule has 0 aliphatic rings. The van der Waals surface area contributed by atoms with Gasteiger partial charge in [-0.15, -0.1) is 0 Å². The monoisotopic (exact) mass is 456 g/mol. The first-order valence-corrected chi connectivity index (χ1v) is 10.7. The molecule has 0 bridgehead atoms. The smallest absolute Gasteiger partial charge is 0.250 e. The predicted molar refractivity (Wildman–Crippen MR) is 125 cm³/mol. The van der Waals surface area contributed by atoms with Crippen LogP contribution >= 0.6 is 11.6 Å². The van der Waals surface area contributed by atoms with E-state index >= 15 is 0 Å². The molecule has 3 aromatic rings. The predicted octanol–water partition coefficient (Wildman–Crippen LogP) is 5.67. The van der Waals surface area contributed by atoms with Crippen molar-refractivity contribution < 1.29 is 14.3 Å². The molecule has 2 aromatic carbocycles. The number of oxime groups is 1. The van der Waals surface area contributed by atoms with Crippen molar-refractivity contribution in [1.29, 1.82) is 0 Å². The molecule has 7 heteroatoms. The van der Waals surface area contributed by atoms with E-state index in [2.05, 4.69) is 5.16 Å². The Labute approximate surface area is 191 Å². The summed E-state index contributed by atoms with van der Waals surface area (Å²) < 4.78 is 21.8. The molecule has 1 aromatic heterocycles. The van der Waals surface area contributed by atoms with E-state index in [1.807, 2.05) is 39.0 Å². The van der Waals surface area contributed by atoms with E-state index in [9.17, 15) is 14.4 Å². The van der Waals surface area contributed by atoms with E-state index in [0.29, 0.717) is 21.9 Å². The lowest BCUT2D eigenvalue weighted by Crippen LogP contribution is -2.18. The highest BCUT2D eigenvalue weighted by Gasteiger charge is 2.22. The van der Waals surface area contributed by atoms with Crippen molar-refractivity contribution in [3.63, 3.8) is 0 Å². The number of aromatic nitrogens is 1. The molecule has 0 saturated heterocycles. The summed E-state index contributed by atoms with van der Waals surface area (Å²) in [7, 11) is 1.63. The maximum atomic E-state index is 14.8. The Morgan fingerprint density at radius 3 is 2.53 bits per heavy atom. The lowest BCUT2D eigenvalue weighted by molar-refractivity contribution is 0.231. The van der Waals surface area contributed by atoms with Crippen LogP contribution in [0.25, 0.3) is 0 Å². The molecule has 168 valence electrons. The standard InChI is InChI=1S/C25H26ClFN2O3/c1-15(2)32-24-9-5-17(12-22(24)27)21(20-8-7-19(26)11-16(20)3)13-23(28-31)18-6-10-25(30)29(4)14-18/h5-12,14-15,21,31H,13H2,1-4H3/b28-23+. The van der Waals surface area contributed by atoms with Crippen molar-refractivity contribution in [1.82, 2.24) is 4.57 Å². The van der Waals surface area contributed by atoms with Gasteiger partial charge in [0.2, 0.25) is 5.56 Å². The molecule has 5 nitrogen and oxygen atoms in total. The van der Waals surface area contributed by atoms with Crippen LogP contribution in [-0.2, 0) is 7.05 Å². The molecule has 1 atom stereocenters. The second-order valence-corrected chi connectivity index (χ2v) is 8.46. The minimum atomic E-state index is -0.461. The summed E-state index contributed by atoms with van der Waals surface area (Å²) in [5.74, 6) is -0.597. The number of pyridine rings is 1. The molecule has 1 unspecified atom stereocenters. The van der Waals surface area contributed by atoms with E-state index in [4.69, 9.17) is 16.3 Å². The molecule has 0 amide bonds. The van der Waals surface area contributed by atoms with Crippen LogP contribution in [0.2, 0.25) is 5.02 Å². The Balaban J connectivity index is 2.07.